The number of halogens is 11. The van der Waals surface area contributed by atoms with E-state index >= 15 is 0 Å². The van der Waals surface area contributed by atoms with Gasteiger partial charge in [-0.3, -0.25) is 4.79 Å². The second kappa shape index (κ2) is 11.7. The number of hydrogen-bond acceptors (Lipinski definition) is 3. The first-order chi connectivity index (χ1) is 17.6. The van der Waals surface area contributed by atoms with E-state index in [0.29, 0.717) is 6.07 Å². The molecule has 0 fully saturated rings. The minimum atomic E-state index is -5.13. The van der Waals surface area contributed by atoms with E-state index in [1.165, 1.54) is 18.3 Å². The molecule has 1 atom stereocenters. The smallest absolute Gasteiger partial charge is 0.361 e. The predicted molar refractivity (Wildman–Crippen MR) is 133 cm³/mol. The van der Waals surface area contributed by atoms with Gasteiger partial charge in [-0.2, -0.15) is 26.3 Å². The van der Waals surface area contributed by atoms with E-state index < -0.39 is 58.7 Å². The fraction of sp³-hybridized carbons (Fsp3) is 0.167. The highest BCUT2D eigenvalue weighted by Gasteiger charge is 2.41. The molecule has 3 nitrogen and oxygen atoms in total. The Balaban J connectivity index is 1.99. The van der Waals surface area contributed by atoms with Crippen molar-refractivity contribution in [2.75, 3.05) is 11.9 Å². The molecule has 1 unspecified atom stereocenters. The number of pyridine rings is 1. The zero-order chi connectivity index (χ0) is 28.4. The molecule has 0 spiro atoms. The normalized spacial score (nSPS) is 13.4. The molecule has 0 aliphatic heterocycles. The molecule has 1 heterocycles. The van der Waals surface area contributed by atoms with Crippen molar-refractivity contribution in [2.24, 2.45) is 0 Å². The fourth-order valence-corrected chi connectivity index (χ4v) is 4.12. The van der Waals surface area contributed by atoms with Gasteiger partial charge in [0, 0.05) is 17.3 Å². The molecule has 2 aromatic carbocycles. The van der Waals surface area contributed by atoms with E-state index in [0.717, 1.165) is 18.2 Å². The van der Waals surface area contributed by atoms with Crippen LogP contribution in [0, 0.1) is 0 Å². The van der Waals surface area contributed by atoms with Gasteiger partial charge < -0.3 is 5.32 Å². The van der Waals surface area contributed by atoms with E-state index in [9.17, 15) is 35.5 Å². The van der Waals surface area contributed by atoms with Crippen molar-refractivity contribution in [3.63, 3.8) is 0 Å². The second-order valence-corrected chi connectivity index (χ2v) is 9.30. The standard InChI is InChI=1S/C24H13Cl4F7N2O/c25-16-2-1-5-36-22(16)37-10-20(38)13-4-3-11(6-15(13)24(33,34)35)19(29)9-14(23(30,31)32)12-7-17(26)21(28)18(27)8-12/h1-9,14H,10H2,(H,36,37)/b19-9-. The van der Waals surface area contributed by atoms with E-state index in [4.69, 9.17) is 46.4 Å². The van der Waals surface area contributed by atoms with Gasteiger partial charge >= 0.3 is 12.4 Å². The summed E-state index contributed by atoms with van der Waals surface area (Å²) in [5.74, 6) is -5.26. The number of nitrogens with one attached hydrogen (secondary N) is 1. The maximum absolute atomic E-state index is 15.0. The van der Waals surface area contributed by atoms with Gasteiger partial charge in [0.1, 0.15) is 17.6 Å². The summed E-state index contributed by atoms with van der Waals surface area (Å²) >= 11 is 23.2. The molecule has 3 aromatic rings. The Hall–Kier alpha value is -2.53. The summed E-state index contributed by atoms with van der Waals surface area (Å²) in [7, 11) is 0. The molecule has 38 heavy (non-hydrogen) atoms. The van der Waals surface area contributed by atoms with E-state index in [2.05, 4.69) is 10.3 Å². The maximum Gasteiger partial charge on any atom is 0.417 e. The number of rotatable bonds is 7. The number of alkyl halides is 6. The van der Waals surface area contributed by atoms with Gasteiger partial charge in [-0.15, -0.1) is 0 Å². The molecule has 0 aliphatic carbocycles. The summed E-state index contributed by atoms with van der Waals surface area (Å²) in [6.45, 7) is -0.647. The largest absolute Gasteiger partial charge is 0.417 e. The van der Waals surface area contributed by atoms with Crippen LogP contribution in [0.5, 0.6) is 0 Å². The Bertz CT molecular complexity index is 1370. The molecule has 202 valence electrons. The molecule has 3 rings (SSSR count). The van der Waals surface area contributed by atoms with Gasteiger partial charge in [0.15, 0.2) is 5.78 Å². The molecule has 14 heteroatoms. The van der Waals surface area contributed by atoms with Crippen molar-refractivity contribution in [3.05, 3.63) is 97.1 Å². The second-order valence-electron chi connectivity index (χ2n) is 7.70. The Morgan fingerprint density at radius 1 is 0.947 bits per heavy atom. The lowest BCUT2D eigenvalue weighted by Gasteiger charge is -2.19. The highest BCUT2D eigenvalue weighted by molar-refractivity contribution is 6.48. The van der Waals surface area contributed by atoms with Crippen LogP contribution in [0.1, 0.15) is 33.0 Å². The number of carbonyl (C=O) groups is 1. The Morgan fingerprint density at radius 2 is 1.58 bits per heavy atom. The summed E-state index contributed by atoms with van der Waals surface area (Å²) in [6, 6.07) is 6.26. The van der Waals surface area contributed by atoms with Crippen molar-refractivity contribution in [1.29, 1.82) is 0 Å². The molecule has 0 saturated carbocycles. The molecule has 0 radical (unpaired) electrons. The summed E-state index contributed by atoms with van der Waals surface area (Å²) in [5.41, 5.74) is -3.81. The quantitative estimate of drug-likeness (QED) is 0.163. The predicted octanol–water partition coefficient (Wildman–Crippen LogP) is 9.67. The summed E-state index contributed by atoms with van der Waals surface area (Å²) < 4.78 is 97.5. The van der Waals surface area contributed by atoms with Crippen molar-refractivity contribution in [3.8, 4) is 0 Å². The van der Waals surface area contributed by atoms with Crippen LogP contribution in [-0.4, -0.2) is 23.5 Å². The van der Waals surface area contributed by atoms with E-state index in [1.54, 1.807) is 0 Å². The average Bonchev–Trinajstić information content (AvgIpc) is 2.83. The third kappa shape index (κ3) is 7.11. The molecule has 0 aliphatic rings. The molecular weight excluding hydrogens is 607 g/mol. The average molecular weight is 620 g/mol. The van der Waals surface area contributed by atoms with Crippen molar-refractivity contribution < 1.29 is 35.5 Å². The van der Waals surface area contributed by atoms with Crippen LogP contribution in [0.2, 0.25) is 20.1 Å². The van der Waals surface area contributed by atoms with Crippen molar-refractivity contribution in [1.82, 2.24) is 4.98 Å². The summed E-state index contributed by atoms with van der Waals surface area (Å²) in [6.07, 6.45) is -8.79. The van der Waals surface area contributed by atoms with Crippen LogP contribution in [-0.2, 0) is 6.18 Å². The number of anilines is 1. The minimum absolute atomic E-state index is 0.0438. The highest BCUT2D eigenvalue weighted by atomic mass is 35.5. The lowest BCUT2D eigenvalue weighted by atomic mass is 9.95. The lowest BCUT2D eigenvalue weighted by Crippen LogP contribution is -2.20. The van der Waals surface area contributed by atoms with Gasteiger partial charge in [0.05, 0.1) is 32.2 Å². The zero-order valence-electron chi connectivity index (χ0n) is 18.5. The highest BCUT2D eigenvalue weighted by Crippen LogP contribution is 2.43. The van der Waals surface area contributed by atoms with Gasteiger partial charge in [-0.1, -0.05) is 58.5 Å². The maximum atomic E-state index is 15.0. The number of aromatic nitrogens is 1. The van der Waals surface area contributed by atoms with Crippen LogP contribution >= 0.6 is 46.4 Å². The Labute approximate surface area is 231 Å². The van der Waals surface area contributed by atoms with Crippen LogP contribution in [0.4, 0.5) is 36.6 Å². The molecule has 1 aromatic heterocycles. The number of nitrogens with zero attached hydrogens (tertiary/aromatic N) is 1. The summed E-state index contributed by atoms with van der Waals surface area (Å²) in [4.78, 5) is 16.4. The van der Waals surface area contributed by atoms with Crippen molar-refractivity contribution >= 4 is 63.8 Å². The van der Waals surface area contributed by atoms with E-state index in [1.807, 2.05) is 0 Å². The first-order valence-corrected chi connectivity index (χ1v) is 11.8. The lowest BCUT2D eigenvalue weighted by molar-refractivity contribution is -0.140. The number of allylic oxidation sites excluding steroid dienone is 1. The zero-order valence-corrected chi connectivity index (χ0v) is 21.5. The Kier molecular flexibility index (Phi) is 9.24. The first kappa shape index (κ1) is 30.0. The van der Waals surface area contributed by atoms with Crippen LogP contribution in [0.25, 0.3) is 5.83 Å². The molecule has 0 bridgehead atoms. The van der Waals surface area contributed by atoms with Crippen LogP contribution in [0.3, 0.4) is 0 Å². The molecule has 0 saturated heterocycles. The van der Waals surface area contributed by atoms with Gasteiger partial charge in [-0.25, -0.2) is 9.37 Å². The molecule has 1 N–H and O–H groups in total. The molecule has 0 amide bonds. The topological polar surface area (TPSA) is 42.0 Å². The van der Waals surface area contributed by atoms with Gasteiger partial charge in [-0.05, 0) is 42.0 Å². The van der Waals surface area contributed by atoms with Crippen LogP contribution < -0.4 is 5.32 Å². The number of Topliss-reactive ketones (excluding diaryl/α,β-unsaturated/α-hetero) is 1. The number of benzene rings is 2. The molecular formula is C24H13Cl4F7N2O. The first-order valence-electron chi connectivity index (χ1n) is 10.3. The van der Waals surface area contributed by atoms with Crippen molar-refractivity contribution in [2.45, 2.75) is 18.3 Å². The third-order valence-corrected chi connectivity index (χ3v) is 6.61. The monoisotopic (exact) mass is 618 g/mol. The fourth-order valence-electron chi connectivity index (χ4n) is 3.32. The van der Waals surface area contributed by atoms with E-state index in [-0.39, 0.29) is 38.1 Å². The van der Waals surface area contributed by atoms with Crippen LogP contribution in [0.15, 0.2) is 54.7 Å². The third-order valence-electron chi connectivity index (χ3n) is 5.11. The number of carbonyl (C=O) groups excluding carboxylic acids is 1. The number of ketones is 1. The summed E-state index contributed by atoms with van der Waals surface area (Å²) in [5, 5.41) is 1.72. The minimum Gasteiger partial charge on any atom is -0.361 e. The Morgan fingerprint density at radius 3 is 2.13 bits per heavy atom. The number of hydrogen-bond donors (Lipinski definition) is 1. The van der Waals surface area contributed by atoms with Gasteiger partial charge in [0.25, 0.3) is 0 Å². The SMILES string of the molecule is O=C(CNc1ncccc1Cl)c1ccc(/C(F)=C/C(c2cc(Cl)c(Cl)c(Cl)c2)C(F)(F)F)cc1C(F)(F)F. The van der Waals surface area contributed by atoms with Gasteiger partial charge in [0.2, 0.25) is 0 Å².